The lowest BCUT2D eigenvalue weighted by atomic mass is 9.82. The highest BCUT2D eigenvalue weighted by Crippen LogP contribution is 2.47. The molecule has 0 saturated carbocycles. The van der Waals surface area contributed by atoms with Gasteiger partial charge in [0.1, 0.15) is 60.2 Å². The maximum atomic E-state index is 11.5. The number of hydrogen-bond donors (Lipinski definition) is 8. The summed E-state index contributed by atoms with van der Waals surface area (Å²) in [5, 5.41) is 72.9. The monoisotopic (exact) mass is 443 g/mol. The number of ether oxygens (including phenoxy) is 2. The number of nitrogens with zero attached hydrogens (tertiary/aromatic N) is 4. The van der Waals surface area contributed by atoms with Crippen molar-refractivity contribution in [1.82, 2.24) is 19.5 Å². The van der Waals surface area contributed by atoms with Crippen LogP contribution in [0.5, 0.6) is 0 Å². The third-order valence-electron chi connectivity index (χ3n) is 6.20. The zero-order valence-corrected chi connectivity index (χ0v) is 16.4. The van der Waals surface area contributed by atoms with Gasteiger partial charge in [-0.2, -0.15) is 0 Å². The molecule has 9 atom stereocenters. The van der Waals surface area contributed by atoms with E-state index in [0.717, 1.165) is 17.2 Å². The summed E-state index contributed by atoms with van der Waals surface area (Å²) in [5.41, 5.74) is 1.67. The molecule has 0 amide bonds. The minimum Gasteiger partial charge on any atom is -0.394 e. The molecule has 2 saturated heterocycles. The molecule has 172 valence electrons. The van der Waals surface area contributed by atoms with Crippen LogP contribution in [0, 0.1) is 0 Å². The van der Waals surface area contributed by atoms with Gasteiger partial charge in [0.2, 0.25) is 5.72 Å². The van der Waals surface area contributed by atoms with E-state index < -0.39 is 67.3 Å². The third kappa shape index (κ3) is 2.88. The first-order valence-corrected chi connectivity index (χ1v) is 9.55. The molecule has 0 aromatic carbocycles. The predicted octanol–water partition coefficient (Wildman–Crippen LogP) is -4.59. The Hall–Kier alpha value is -2.01. The Morgan fingerprint density at radius 1 is 1.03 bits per heavy atom. The molecule has 2 aromatic rings. The molecule has 2 fully saturated rings. The minimum atomic E-state index is -2.29. The second-order valence-electron chi connectivity index (χ2n) is 7.93. The Balaban J connectivity index is 1.91. The lowest BCUT2D eigenvalue weighted by Gasteiger charge is -2.45. The molecule has 2 aliphatic heterocycles. The van der Waals surface area contributed by atoms with Crippen LogP contribution in [0.15, 0.2) is 12.7 Å². The zero-order valence-electron chi connectivity index (χ0n) is 16.4. The Labute approximate surface area is 175 Å². The summed E-state index contributed by atoms with van der Waals surface area (Å²) in [6, 6.07) is 0. The molecule has 14 nitrogen and oxygen atoms in total. The number of aromatic nitrogens is 4. The van der Waals surface area contributed by atoms with E-state index >= 15 is 0 Å². The summed E-state index contributed by atoms with van der Waals surface area (Å²) in [7, 11) is 0. The van der Waals surface area contributed by atoms with E-state index in [-0.39, 0.29) is 17.0 Å². The smallest absolute Gasteiger partial charge is 0.205 e. The summed E-state index contributed by atoms with van der Waals surface area (Å²) in [6.45, 7) is -0.116. The first-order valence-electron chi connectivity index (χ1n) is 9.55. The molecule has 4 rings (SSSR count). The number of nitrogens with two attached hydrogens (primary N) is 1. The summed E-state index contributed by atoms with van der Waals surface area (Å²) >= 11 is 0. The number of aliphatic hydroxyl groups excluding tert-OH is 7. The number of anilines is 1. The van der Waals surface area contributed by atoms with Gasteiger partial charge >= 0.3 is 0 Å². The van der Waals surface area contributed by atoms with Gasteiger partial charge < -0.3 is 51.0 Å². The Morgan fingerprint density at radius 2 is 1.65 bits per heavy atom. The first-order chi connectivity index (χ1) is 14.6. The molecule has 2 aliphatic rings. The Kier molecular flexibility index (Phi) is 5.40. The Bertz CT molecular complexity index is 961. The van der Waals surface area contributed by atoms with E-state index in [1.165, 1.54) is 6.92 Å². The first kappa shape index (κ1) is 22.2. The molecule has 0 aliphatic carbocycles. The highest BCUT2D eigenvalue weighted by molar-refractivity contribution is 5.81. The highest BCUT2D eigenvalue weighted by Gasteiger charge is 2.68. The van der Waals surface area contributed by atoms with Crippen LogP contribution < -0.4 is 5.73 Å². The van der Waals surface area contributed by atoms with Gasteiger partial charge in [0.15, 0.2) is 11.5 Å². The van der Waals surface area contributed by atoms with Crippen LogP contribution in [0.25, 0.3) is 11.2 Å². The van der Waals surface area contributed by atoms with E-state index in [9.17, 15) is 35.7 Å². The van der Waals surface area contributed by atoms with Gasteiger partial charge in [-0.1, -0.05) is 0 Å². The van der Waals surface area contributed by atoms with Crippen molar-refractivity contribution >= 4 is 17.0 Å². The van der Waals surface area contributed by atoms with Crippen molar-refractivity contribution < 1.29 is 45.2 Å². The van der Waals surface area contributed by atoms with Crippen LogP contribution in [-0.2, 0) is 15.2 Å². The van der Waals surface area contributed by atoms with Crippen molar-refractivity contribution in [3.8, 4) is 0 Å². The fraction of sp³-hybridized carbons (Fsp3) is 0.706. The van der Waals surface area contributed by atoms with Gasteiger partial charge in [-0.15, -0.1) is 0 Å². The third-order valence-corrected chi connectivity index (χ3v) is 6.20. The molecule has 2 unspecified atom stereocenters. The SMILES string of the molecule is C[C@@]1(C(O)C2(n3cnc4c(N)ncnc43)O[C@H](CO)[C@@H](O)[C@H]2O)O[C@H](CO)[C@@H](O)[C@H]1O. The second kappa shape index (κ2) is 7.54. The molecule has 31 heavy (non-hydrogen) atoms. The molecule has 0 bridgehead atoms. The summed E-state index contributed by atoms with van der Waals surface area (Å²) < 4.78 is 12.5. The number of rotatable bonds is 5. The van der Waals surface area contributed by atoms with Crippen molar-refractivity contribution in [2.75, 3.05) is 18.9 Å². The minimum absolute atomic E-state index is 0.000683. The lowest BCUT2D eigenvalue weighted by Crippen LogP contribution is -2.65. The molecule has 9 N–H and O–H groups in total. The number of aliphatic hydroxyl groups is 7. The fourth-order valence-corrected chi connectivity index (χ4v) is 4.43. The van der Waals surface area contributed by atoms with E-state index in [1.807, 2.05) is 0 Å². The molecular weight excluding hydrogens is 418 g/mol. The average molecular weight is 443 g/mol. The number of nitrogen functional groups attached to an aromatic ring is 1. The molecule has 14 heteroatoms. The highest BCUT2D eigenvalue weighted by atomic mass is 16.6. The predicted molar refractivity (Wildman–Crippen MR) is 100 cm³/mol. The summed E-state index contributed by atoms with van der Waals surface area (Å²) in [4.78, 5) is 12.0. The second-order valence-corrected chi connectivity index (χ2v) is 7.93. The van der Waals surface area contributed by atoms with Crippen molar-refractivity contribution in [3.63, 3.8) is 0 Å². The van der Waals surface area contributed by atoms with Gasteiger partial charge in [0.25, 0.3) is 0 Å². The van der Waals surface area contributed by atoms with Crippen molar-refractivity contribution in [1.29, 1.82) is 0 Å². The molecular formula is C17H25N5O9. The molecule has 2 aromatic heterocycles. The zero-order chi connectivity index (χ0) is 22.7. The average Bonchev–Trinajstić information content (AvgIpc) is 3.38. The van der Waals surface area contributed by atoms with Crippen molar-refractivity contribution in [3.05, 3.63) is 12.7 Å². The lowest BCUT2D eigenvalue weighted by molar-refractivity contribution is -0.268. The van der Waals surface area contributed by atoms with Crippen LogP contribution in [0.3, 0.4) is 0 Å². The van der Waals surface area contributed by atoms with Crippen molar-refractivity contribution in [2.24, 2.45) is 0 Å². The van der Waals surface area contributed by atoms with Crippen molar-refractivity contribution in [2.45, 2.75) is 61.0 Å². The Morgan fingerprint density at radius 3 is 2.23 bits per heavy atom. The van der Waals surface area contributed by atoms with Gasteiger partial charge in [-0.05, 0) is 6.92 Å². The number of fused-ring (bicyclic) bond motifs is 1. The van der Waals surface area contributed by atoms with Crippen LogP contribution in [0.4, 0.5) is 5.82 Å². The van der Waals surface area contributed by atoms with Crippen LogP contribution in [-0.4, -0.2) is 117 Å². The summed E-state index contributed by atoms with van der Waals surface area (Å²) in [6.07, 6.45) is -9.09. The maximum absolute atomic E-state index is 11.5. The van der Waals surface area contributed by atoms with Gasteiger partial charge in [0.05, 0.1) is 19.5 Å². The van der Waals surface area contributed by atoms with Gasteiger partial charge in [-0.3, -0.25) is 4.57 Å². The largest absolute Gasteiger partial charge is 0.394 e. The van der Waals surface area contributed by atoms with E-state index in [4.69, 9.17) is 15.2 Å². The molecule has 0 radical (unpaired) electrons. The normalized spacial score (nSPS) is 41.8. The summed E-state index contributed by atoms with van der Waals surface area (Å²) in [5.74, 6) is -0.000683. The quantitative estimate of drug-likeness (QED) is 0.218. The topological polar surface area (TPSA) is 230 Å². The number of hydrogen-bond acceptors (Lipinski definition) is 13. The van der Waals surface area contributed by atoms with Crippen LogP contribution in [0.1, 0.15) is 6.92 Å². The van der Waals surface area contributed by atoms with Crippen LogP contribution in [0.2, 0.25) is 0 Å². The van der Waals surface area contributed by atoms with E-state index in [2.05, 4.69) is 15.0 Å². The van der Waals surface area contributed by atoms with E-state index in [0.29, 0.717) is 0 Å². The van der Waals surface area contributed by atoms with Gasteiger partial charge in [-0.25, -0.2) is 15.0 Å². The van der Waals surface area contributed by atoms with Gasteiger partial charge in [0, 0.05) is 0 Å². The fourth-order valence-electron chi connectivity index (χ4n) is 4.43. The number of imidazole rings is 1. The maximum Gasteiger partial charge on any atom is 0.205 e. The standard InChI is InChI=1S/C17H25N5O9/c1-16(11(27)9(25)6(2-23)30-16)15(29)17(12(28)10(26)7(3-24)31-17)22-5-21-8-13(18)19-4-20-14(8)22/h4-7,9-12,15,23-29H,2-3H2,1H3,(H2,18,19,20)/t6-,7-,9-,10-,11-,12-,15?,16-,17?/m1/s1. The van der Waals surface area contributed by atoms with E-state index in [1.54, 1.807) is 0 Å². The molecule has 0 spiro atoms. The molecule has 4 heterocycles. The van der Waals surface area contributed by atoms with Crippen LogP contribution >= 0.6 is 0 Å².